The van der Waals surface area contributed by atoms with Gasteiger partial charge in [0.1, 0.15) is 5.84 Å². The van der Waals surface area contributed by atoms with Crippen LogP contribution in [0.2, 0.25) is 0 Å². The first kappa shape index (κ1) is 21.8. The standard InChI is InChI=1S/C20H24F2N4OS/c1-4-9-28-13(3)20-24-11-15(16(23)7-6-8-18(21)22)17-10-14(12-26(17)20)25-19(27)5-2/h4-7,9,14,18,23H,2-3,8,10-12H2,1H3,(H,25,27)/b7-6-,9-4-,23-16?. The fourth-order valence-electron chi connectivity index (χ4n) is 3.00. The van der Waals surface area contributed by atoms with Gasteiger partial charge in [0.2, 0.25) is 12.3 Å². The molecule has 0 aromatic heterocycles. The second-order valence-corrected chi connectivity index (χ2v) is 7.24. The SMILES string of the molecule is C=CC(=O)NC1CC2=C(C(=N)/C=C\CC(F)F)CN=C(C(=C)S/C=C\C)N2C1. The van der Waals surface area contributed by atoms with Crippen molar-refractivity contribution >= 4 is 29.2 Å². The van der Waals surface area contributed by atoms with E-state index in [4.69, 9.17) is 5.41 Å². The number of nitrogens with one attached hydrogen (secondary N) is 2. The van der Waals surface area contributed by atoms with Gasteiger partial charge in [0, 0.05) is 35.6 Å². The molecule has 1 atom stereocenters. The van der Waals surface area contributed by atoms with E-state index in [-0.39, 0.29) is 24.2 Å². The van der Waals surface area contributed by atoms with Crippen LogP contribution in [0, 0.1) is 5.41 Å². The third-order valence-electron chi connectivity index (χ3n) is 4.21. The van der Waals surface area contributed by atoms with E-state index in [1.54, 1.807) is 0 Å². The maximum Gasteiger partial charge on any atom is 0.243 e. The van der Waals surface area contributed by atoms with Crippen molar-refractivity contribution in [1.82, 2.24) is 10.2 Å². The Morgan fingerprint density at radius 1 is 1.54 bits per heavy atom. The minimum absolute atomic E-state index is 0.156. The molecule has 0 bridgehead atoms. The molecular weight excluding hydrogens is 382 g/mol. The summed E-state index contributed by atoms with van der Waals surface area (Å²) in [5.74, 6) is 0.445. The van der Waals surface area contributed by atoms with E-state index in [0.29, 0.717) is 24.4 Å². The molecule has 1 saturated heterocycles. The first-order valence-corrected chi connectivity index (χ1v) is 9.73. The maximum atomic E-state index is 12.4. The molecule has 0 radical (unpaired) electrons. The molecule has 1 amide bonds. The normalized spacial score (nSPS) is 19.4. The van der Waals surface area contributed by atoms with Crippen LogP contribution >= 0.6 is 11.8 Å². The zero-order valence-corrected chi connectivity index (χ0v) is 16.6. The van der Waals surface area contributed by atoms with E-state index in [1.165, 1.54) is 30.0 Å². The Hall–Kier alpha value is -2.48. The Bertz CT molecular complexity index is 783. The summed E-state index contributed by atoms with van der Waals surface area (Å²) in [6.45, 7) is 10.2. The van der Waals surface area contributed by atoms with E-state index in [2.05, 4.69) is 23.5 Å². The quantitative estimate of drug-likeness (QED) is 0.449. The molecule has 2 N–H and O–H groups in total. The lowest BCUT2D eigenvalue weighted by atomic mass is 10.0. The van der Waals surface area contributed by atoms with Crippen LogP contribution in [0.1, 0.15) is 19.8 Å². The van der Waals surface area contributed by atoms with Gasteiger partial charge in [-0.25, -0.2) is 8.78 Å². The third-order valence-corrected chi connectivity index (χ3v) is 5.09. The van der Waals surface area contributed by atoms with E-state index >= 15 is 0 Å². The molecule has 1 unspecified atom stereocenters. The number of rotatable bonds is 9. The number of aliphatic imine (C=N–C) groups is 1. The number of allylic oxidation sites excluding steroid dienone is 3. The highest BCUT2D eigenvalue weighted by Gasteiger charge is 2.36. The minimum Gasteiger partial charge on any atom is -0.348 e. The highest BCUT2D eigenvalue weighted by Crippen LogP contribution is 2.33. The average molecular weight is 407 g/mol. The van der Waals surface area contributed by atoms with Gasteiger partial charge in [-0.1, -0.05) is 37.1 Å². The number of halogens is 2. The fourth-order valence-corrected chi connectivity index (χ4v) is 3.58. The van der Waals surface area contributed by atoms with Crippen molar-refractivity contribution < 1.29 is 13.6 Å². The summed E-state index contributed by atoms with van der Waals surface area (Å²) in [6.07, 6.45) is 3.52. The lowest BCUT2D eigenvalue weighted by molar-refractivity contribution is -0.117. The summed E-state index contributed by atoms with van der Waals surface area (Å²) in [5, 5.41) is 13.1. The molecule has 8 heteroatoms. The van der Waals surface area contributed by atoms with Gasteiger partial charge in [-0.3, -0.25) is 9.79 Å². The number of nitrogens with zero attached hydrogens (tertiary/aromatic N) is 2. The monoisotopic (exact) mass is 406 g/mol. The van der Waals surface area contributed by atoms with Gasteiger partial charge < -0.3 is 15.6 Å². The molecule has 0 spiro atoms. The second kappa shape index (κ2) is 10.2. The molecule has 0 aromatic carbocycles. The smallest absolute Gasteiger partial charge is 0.243 e. The third kappa shape index (κ3) is 5.51. The lowest BCUT2D eigenvalue weighted by Crippen LogP contribution is -2.38. The molecule has 0 aliphatic carbocycles. The van der Waals surface area contributed by atoms with Crippen molar-refractivity contribution in [2.24, 2.45) is 4.99 Å². The number of alkyl halides is 2. The Morgan fingerprint density at radius 2 is 2.29 bits per heavy atom. The van der Waals surface area contributed by atoms with Crippen LogP contribution in [0.5, 0.6) is 0 Å². The van der Waals surface area contributed by atoms with Crippen LogP contribution in [-0.2, 0) is 4.79 Å². The van der Waals surface area contributed by atoms with Crippen LogP contribution in [0.15, 0.2) is 64.0 Å². The zero-order chi connectivity index (χ0) is 20.7. The van der Waals surface area contributed by atoms with Crippen LogP contribution in [0.4, 0.5) is 8.78 Å². The second-order valence-electron chi connectivity index (χ2n) is 6.24. The average Bonchev–Trinajstić information content (AvgIpc) is 3.07. The Kier molecular flexibility index (Phi) is 7.92. The predicted molar refractivity (Wildman–Crippen MR) is 112 cm³/mol. The Balaban J connectivity index is 2.27. The number of hydrogen-bond acceptors (Lipinski definition) is 5. The zero-order valence-electron chi connectivity index (χ0n) is 15.8. The van der Waals surface area contributed by atoms with Crippen LogP contribution < -0.4 is 5.32 Å². The van der Waals surface area contributed by atoms with Crippen molar-refractivity contribution in [2.75, 3.05) is 13.1 Å². The molecule has 1 fully saturated rings. The molecule has 2 heterocycles. The predicted octanol–water partition coefficient (Wildman–Crippen LogP) is 4.04. The molecule has 2 aliphatic rings. The van der Waals surface area contributed by atoms with Gasteiger partial charge in [0.05, 0.1) is 18.3 Å². The van der Waals surface area contributed by atoms with Gasteiger partial charge in [0.25, 0.3) is 0 Å². The van der Waals surface area contributed by atoms with Crippen molar-refractivity contribution in [3.8, 4) is 0 Å². The van der Waals surface area contributed by atoms with Crippen LogP contribution in [0.3, 0.4) is 0 Å². The molecule has 28 heavy (non-hydrogen) atoms. The van der Waals surface area contributed by atoms with Gasteiger partial charge in [-0.2, -0.15) is 0 Å². The topological polar surface area (TPSA) is 68.5 Å². The molecule has 2 aliphatic heterocycles. The summed E-state index contributed by atoms with van der Waals surface area (Å²) in [6, 6.07) is -0.156. The largest absolute Gasteiger partial charge is 0.348 e. The molecule has 0 saturated carbocycles. The number of hydrogen-bond donors (Lipinski definition) is 2. The summed E-state index contributed by atoms with van der Waals surface area (Å²) in [4.78, 5) is 19.0. The van der Waals surface area contributed by atoms with Crippen molar-refractivity contribution in [2.45, 2.75) is 32.2 Å². The summed E-state index contributed by atoms with van der Waals surface area (Å²) in [5.41, 5.74) is 1.70. The van der Waals surface area contributed by atoms with Gasteiger partial charge in [-0.15, -0.1) is 0 Å². The van der Waals surface area contributed by atoms with E-state index in [9.17, 15) is 13.6 Å². The minimum atomic E-state index is -2.44. The molecule has 0 aromatic rings. The van der Waals surface area contributed by atoms with E-state index in [0.717, 1.165) is 10.6 Å². The van der Waals surface area contributed by atoms with Gasteiger partial charge >= 0.3 is 0 Å². The molecule has 2 rings (SSSR count). The Labute approximate surface area is 168 Å². The number of amides is 1. The van der Waals surface area contributed by atoms with Gasteiger partial charge in [-0.05, 0) is 24.5 Å². The maximum absolute atomic E-state index is 12.4. The summed E-state index contributed by atoms with van der Waals surface area (Å²) in [7, 11) is 0. The number of carbonyl (C=O) groups excluding carboxylic acids is 1. The Morgan fingerprint density at radius 3 is 2.93 bits per heavy atom. The van der Waals surface area contributed by atoms with Gasteiger partial charge in [0.15, 0.2) is 0 Å². The summed E-state index contributed by atoms with van der Waals surface area (Å²) < 4.78 is 24.7. The van der Waals surface area contributed by atoms with E-state index in [1.807, 2.05) is 23.3 Å². The number of amidine groups is 1. The van der Waals surface area contributed by atoms with E-state index < -0.39 is 12.8 Å². The van der Waals surface area contributed by atoms with Crippen LogP contribution in [0.25, 0.3) is 0 Å². The van der Waals surface area contributed by atoms with Crippen molar-refractivity contribution in [3.05, 3.63) is 59.0 Å². The highest BCUT2D eigenvalue weighted by molar-refractivity contribution is 8.06. The first-order valence-electron chi connectivity index (χ1n) is 8.85. The highest BCUT2D eigenvalue weighted by atomic mass is 32.2. The van der Waals surface area contributed by atoms with Crippen LogP contribution in [-0.4, -0.2) is 47.9 Å². The number of thioether (sulfide) groups is 1. The number of fused-ring (bicyclic) bond motifs is 1. The fraction of sp³-hybridized carbons (Fsp3) is 0.350. The first-order chi connectivity index (χ1) is 13.4. The molecule has 5 nitrogen and oxygen atoms in total. The van der Waals surface area contributed by atoms with Crippen molar-refractivity contribution in [3.63, 3.8) is 0 Å². The van der Waals surface area contributed by atoms with Crippen molar-refractivity contribution in [1.29, 1.82) is 5.41 Å². The number of carbonyl (C=O) groups is 1. The summed E-state index contributed by atoms with van der Waals surface area (Å²) >= 11 is 1.45. The lowest BCUT2D eigenvalue weighted by Gasteiger charge is -2.29. The molecule has 150 valence electrons. The molecular formula is C20H24F2N4OS.